The molecule has 1 fully saturated rings. The summed E-state index contributed by atoms with van der Waals surface area (Å²) in [6.45, 7) is 2.59. The summed E-state index contributed by atoms with van der Waals surface area (Å²) in [5, 5.41) is 21.9. The minimum absolute atomic E-state index is 0.0571. The van der Waals surface area contributed by atoms with E-state index < -0.39 is 59.9 Å². The summed E-state index contributed by atoms with van der Waals surface area (Å²) in [6, 6.07) is 19.3. The number of hydrogen-bond donors (Lipinski definition) is 7. The molecule has 8 N–H and O–H groups in total. The number of nitrogens with zero attached hydrogens (tertiary/aromatic N) is 2. The maximum Gasteiger partial charge on any atom is 0.407 e. The van der Waals surface area contributed by atoms with Crippen molar-refractivity contribution in [3.8, 4) is 0 Å². The van der Waals surface area contributed by atoms with Gasteiger partial charge in [0.15, 0.2) is 0 Å². The monoisotopic (exact) mass is 780 g/mol. The van der Waals surface area contributed by atoms with Crippen molar-refractivity contribution in [1.29, 1.82) is 0 Å². The highest BCUT2D eigenvalue weighted by Crippen LogP contribution is 2.23. The number of nitrogens with one attached hydrogen (secondary N) is 5. The summed E-state index contributed by atoms with van der Waals surface area (Å²) in [5.41, 5.74) is 9.52. The first-order valence-corrected chi connectivity index (χ1v) is 19.2. The molecule has 7 amide bonds. The van der Waals surface area contributed by atoms with E-state index >= 15 is 0 Å². The molecule has 2 heterocycles. The Morgan fingerprint density at radius 3 is 2.30 bits per heavy atom. The number of aryl methyl sites for hydroxylation is 1. The molecule has 1 saturated heterocycles. The lowest BCUT2D eigenvalue weighted by Gasteiger charge is -2.39. The minimum atomic E-state index is -1.28. The van der Waals surface area contributed by atoms with Crippen LogP contribution in [-0.4, -0.2) is 99.9 Å². The molecule has 15 nitrogen and oxygen atoms in total. The number of para-hydroxylation sites is 1. The molecule has 1 aromatic heterocycles. The first-order valence-electron chi connectivity index (χ1n) is 19.2. The summed E-state index contributed by atoms with van der Waals surface area (Å²) in [4.78, 5) is 85.6. The molecule has 4 aromatic rings. The van der Waals surface area contributed by atoms with Crippen LogP contribution in [0.4, 0.5) is 9.59 Å². The first-order chi connectivity index (χ1) is 27.4. The van der Waals surface area contributed by atoms with Crippen LogP contribution in [0.15, 0.2) is 85.1 Å². The Hall–Kier alpha value is -6.38. The van der Waals surface area contributed by atoms with Crippen molar-refractivity contribution in [1.82, 2.24) is 36.1 Å². The highest BCUT2D eigenvalue weighted by Gasteiger charge is 2.39. The smallest absolute Gasteiger partial charge is 0.407 e. The third-order valence-corrected chi connectivity index (χ3v) is 10.3. The van der Waals surface area contributed by atoms with Crippen LogP contribution in [0.1, 0.15) is 54.4 Å². The van der Waals surface area contributed by atoms with Gasteiger partial charge in [0, 0.05) is 56.6 Å². The number of amides is 7. The quantitative estimate of drug-likeness (QED) is 0.0792. The number of rotatable bonds is 17. The van der Waals surface area contributed by atoms with Crippen molar-refractivity contribution in [2.45, 2.75) is 82.6 Å². The SMILES string of the molecule is Cc1ccc(CNC(=O)C(CCCNC(N)=O)NC(=O)C(Cc2c[nH]c3ccccc23)NC(=O)C2CCCCN2C(=O)C(Cc2ccccc2)N(C)C(=O)O)cc1. The third kappa shape index (κ3) is 11.6. The number of fused-ring (bicyclic) bond motifs is 1. The van der Waals surface area contributed by atoms with Crippen LogP contribution in [0.25, 0.3) is 10.9 Å². The maximum absolute atomic E-state index is 14.3. The molecular weight excluding hydrogens is 729 g/mol. The molecule has 3 aromatic carbocycles. The lowest BCUT2D eigenvalue weighted by Crippen LogP contribution is -2.61. The van der Waals surface area contributed by atoms with Crippen molar-refractivity contribution >= 4 is 46.7 Å². The number of urea groups is 1. The number of benzene rings is 3. The normalized spacial score (nSPS) is 15.5. The van der Waals surface area contributed by atoms with Gasteiger partial charge < -0.3 is 42.0 Å². The summed E-state index contributed by atoms with van der Waals surface area (Å²) >= 11 is 0. The molecule has 15 heteroatoms. The molecule has 1 aliphatic rings. The summed E-state index contributed by atoms with van der Waals surface area (Å²) in [6.07, 6.45) is 2.71. The van der Waals surface area contributed by atoms with Gasteiger partial charge in [-0.25, -0.2) is 9.59 Å². The Kier molecular flexibility index (Phi) is 14.6. The largest absolute Gasteiger partial charge is 0.465 e. The number of aromatic amines is 1. The van der Waals surface area contributed by atoms with Crippen LogP contribution < -0.4 is 27.0 Å². The number of hydrogen-bond acceptors (Lipinski definition) is 6. The van der Waals surface area contributed by atoms with Crippen LogP contribution >= 0.6 is 0 Å². The molecule has 0 saturated carbocycles. The van der Waals surface area contributed by atoms with Crippen molar-refractivity contribution in [2.24, 2.45) is 5.73 Å². The molecule has 57 heavy (non-hydrogen) atoms. The van der Waals surface area contributed by atoms with E-state index in [0.29, 0.717) is 25.7 Å². The van der Waals surface area contributed by atoms with E-state index in [1.54, 1.807) is 6.20 Å². The van der Waals surface area contributed by atoms with Gasteiger partial charge in [-0.2, -0.15) is 0 Å². The Bertz CT molecular complexity index is 2020. The maximum atomic E-state index is 14.3. The highest BCUT2D eigenvalue weighted by atomic mass is 16.4. The second-order valence-corrected chi connectivity index (χ2v) is 14.5. The third-order valence-electron chi connectivity index (χ3n) is 10.3. The van der Waals surface area contributed by atoms with Gasteiger partial charge in [-0.1, -0.05) is 78.4 Å². The molecule has 1 aliphatic heterocycles. The van der Waals surface area contributed by atoms with E-state index in [0.717, 1.165) is 38.1 Å². The Morgan fingerprint density at radius 1 is 0.860 bits per heavy atom. The van der Waals surface area contributed by atoms with E-state index in [1.165, 1.54) is 11.9 Å². The van der Waals surface area contributed by atoms with Gasteiger partial charge in [-0.3, -0.25) is 24.1 Å². The summed E-state index contributed by atoms with van der Waals surface area (Å²) < 4.78 is 0. The minimum Gasteiger partial charge on any atom is -0.465 e. The molecule has 0 spiro atoms. The molecule has 0 aliphatic carbocycles. The van der Waals surface area contributed by atoms with Crippen molar-refractivity contribution < 1.29 is 33.9 Å². The van der Waals surface area contributed by atoms with E-state index in [4.69, 9.17) is 5.73 Å². The van der Waals surface area contributed by atoms with Crippen LogP contribution in [0.5, 0.6) is 0 Å². The average Bonchev–Trinajstić information content (AvgIpc) is 3.62. The number of likely N-dealkylation sites (tertiary alicyclic amines) is 1. The number of nitrogens with two attached hydrogens (primary N) is 1. The summed E-state index contributed by atoms with van der Waals surface area (Å²) in [7, 11) is 1.34. The zero-order chi connectivity index (χ0) is 40.9. The number of carbonyl (C=O) groups excluding carboxylic acids is 5. The van der Waals surface area contributed by atoms with Gasteiger partial charge in [-0.15, -0.1) is 0 Å². The fourth-order valence-corrected chi connectivity index (χ4v) is 7.09. The van der Waals surface area contributed by atoms with Gasteiger partial charge in [0.05, 0.1) is 0 Å². The predicted octanol–water partition coefficient (Wildman–Crippen LogP) is 3.36. The van der Waals surface area contributed by atoms with Crippen LogP contribution in [0.2, 0.25) is 0 Å². The van der Waals surface area contributed by atoms with Gasteiger partial charge in [-0.05, 0) is 61.8 Å². The van der Waals surface area contributed by atoms with E-state index in [-0.39, 0.29) is 38.9 Å². The van der Waals surface area contributed by atoms with Crippen molar-refractivity contribution in [2.75, 3.05) is 20.1 Å². The number of likely N-dealkylation sites (N-methyl/N-ethyl adjacent to an activating group) is 1. The topological polar surface area (TPSA) is 219 Å². The van der Waals surface area contributed by atoms with E-state index in [2.05, 4.69) is 26.3 Å². The summed E-state index contributed by atoms with van der Waals surface area (Å²) in [5.74, 6) is -2.13. The molecule has 5 rings (SSSR count). The zero-order valence-electron chi connectivity index (χ0n) is 32.3. The number of carboxylic acid groups (broad SMARTS) is 1. The number of H-pyrrole nitrogens is 1. The van der Waals surface area contributed by atoms with Crippen LogP contribution in [-0.2, 0) is 38.6 Å². The first kappa shape index (κ1) is 41.8. The Balaban J connectivity index is 1.39. The Labute approximate surface area is 331 Å². The highest BCUT2D eigenvalue weighted by molar-refractivity contribution is 5.96. The number of primary amides is 1. The van der Waals surface area contributed by atoms with Gasteiger partial charge in [0.1, 0.15) is 24.2 Å². The number of piperidine rings is 1. The second kappa shape index (κ2) is 20.0. The van der Waals surface area contributed by atoms with Crippen molar-refractivity contribution in [3.05, 3.63) is 107 Å². The number of carbonyl (C=O) groups is 6. The molecule has 0 bridgehead atoms. The second-order valence-electron chi connectivity index (χ2n) is 14.5. The predicted molar refractivity (Wildman–Crippen MR) is 215 cm³/mol. The molecule has 302 valence electrons. The number of aromatic nitrogens is 1. The lowest BCUT2D eigenvalue weighted by molar-refractivity contribution is -0.146. The fourth-order valence-electron chi connectivity index (χ4n) is 7.09. The van der Waals surface area contributed by atoms with Crippen molar-refractivity contribution in [3.63, 3.8) is 0 Å². The van der Waals surface area contributed by atoms with Crippen LogP contribution in [0, 0.1) is 6.92 Å². The molecule has 4 atom stereocenters. The van der Waals surface area contributed by atoms with Gasteiger partial charge in [0.2, 0.25) is 23.6 Å². The van der Waals surface area contributed by atoms with E-state index in [1.807, 2.05) is 85.8 Å². The molecular formula is C42H52N8O7. The standard InChI is InChI=1S/C42H52N8O7/c1-27-17-19-29(20-18-27)25-46-37(51)33(15-10-21-44-41(43)55)47-38(52)34(24-30-26-45-32-14-7-6-13-31(30)32)48-39(53)35-16-8-9-22-50(35)40(54)36(49(2)42(56)57)23-28-11-4-3-5-12-28/h3-7,11-14,17-20,26,33-36,45H,8-10,15-16,21-25H2,1-2H3,(H,46,51)(H,47,52)(H,48,53)(H,56,57)(H3,43,44,55). The zero-order valence-corrected chi connectivity index (χ0v) is 32.3. The molecule has 0 radical (unpaired) electrons. The average molecular weight is 781 g/mol. The van der Waals surface area contributed by atoms with Gasteiger partial charge in [0.25, 0.3) is 0 Å². The lowest BCUT2D eigenvalue weighted by atomic mass is 9.96. The Morgan fingerprint density at radius 2 is 1.58 bits per heavy atom. The fraction of sp³-hybridized carbons (Fsp3) is 0.381. The van der Waals surface area contributed by atoms with Gasteiger partial charge >= 0.3 is 12.1 Å². The van der Waals surface area contributed by atoms with Crippen LogP contribution in [0.3, 0.4) is 0 Å². The van der Waals surface area contributed by atoms with E-state index in [9.17, 15) is 33.9 Å². The molecule has 4 unspecified atom stereocenters.